The summed E-state index contributed by atoms with van der Waals surface area (Å²) in [5, 5.41) is 8.89. The zero-order valence-corrected chi connectivity index (χ0v) is 9.85. The first-order valence-corrected chi connectivity index (χ1v) is 5.88. The smallest absolute Gasteiger partial charge is 0.307 e. The average Bonchev–Trinajstić information content (AvgIpc) is 2.78. The maximum absolute atomic E-state index is 12.5. The van der Waals surface area contributed by atoms with Crippen LogP contribution in [0.4, 0.5) is 8.78 Å². The summed E-state index contributed by atoms with van der Waals surface area (Å²) in [5.74, 6) is -1.11. The van der Waals surface area contributed by atoms with E-state index in [-0.39, 0.29) is 11.5 Å². The van der Waals surface area contributed by atoms with Gasteiger partial charge in [0, 0.05) is 18.7 Å². The van der Waals surface area contributed by atoms with Crippen LogP contribution in [0.2, 0.25) is 0 Å². The van der Waals surface area contributed by atoms with Crippen LogP contribution >= 0.6 is 0 Å². The van der Waals surface area contributed by atoms with Gasteiger partial charge < -0.3 is 5.11 Å². The van der Waals surface area contributed by atoms with Gasteiger partial charge in [0.05, 0.1) is 5.92 Å². The van der Waals surface area contributed by atoms with Crippen molar-refractivity contribution in [2.75, 3.05) is 13.1 Å². The lowest BCUT2D eigenvalue weighted by atomic mass is 10.1. The Hall–Kier alpha value is -1.49. The SMILES string of the molecule is O=C(O)C1CCN(Cc2cccc(C(F)F)c2)C1. The minimum Gasteiger partial charge on any atom is -0.481 e. The lowest BCUT2D eigenvalue weighted by molar-refractivity contribution is -0.141. The largest absolute Gasteiger partial charge is 0.481 e. The number of alkyl halides is 2. The molecule has 0 radical (unpaired) electrons. The lowest BCUT2D eigenvalue weighted by Crippen LogP contribution is -2.22. The maximum atomic E-state index is 12.5. The van der Waals surface area contributed by atoms with Crippen molar-refractivity contribution in [2.24, 2.45) is 5.92 Å². The summed E-state index contributed by atoms with van der Waals surface area (Å²) >= 11 is 0. The minimum absolute atomic E-state index is 0.0153. The van der Waals surface area contributed by atoms with Gasteiger partial charge in [0.15, 0.2) is 0 Å². The second-order valence-electron chi connectivity index (χ2n) is 4.60. The van der Waals surface area contributed by atoms with E-state index in [0.717, 1.165) is 5.56 Å². The predicted molar refractivity (Wildman–Crippen MR) is 62.4 cm³/mol. The Labute approximate surface area is 104 Å². The summed E-state index contributed by atoms with van der Waals surface area (Å²) in [6, 6.07) is 6.29. The van der Waals surface area contributed by atoms with E-state index in [0.29, 0.717) is 26.1 Å². The van der Waals surface area contributed by atoms with E-state index in [1.165, 1.54) is 12.1 Å². The molecule has 1 atom stereocenters. The lowest BCUT2D eigenvalue weighted by Gasteiger charge is -2.15. The third kappa shape index (κ3) is 3.04. The van der Waals surface area contributed by atoms with Crippen LogP contribution in [0.1, 0.15) is 24.0 Å². The van der Waals surface area contributed by atoms with E-state index in [9.17, 15) is 13.6 Å². The van der Waals surface area contributed by atoms with Crippen molar-refractivity contribution in [3.05, 3.63) is 35.4 Å². The molecule has 0 bridgehead atoms. The van der Waals surface area contributed by atoms with Crippen molar-refractivity contribution in [3.8, 4) is 0 Å². The Morgan fingerprint density at radius 3 is 2.89 bits per heavy atom. The topological polar surface area (TPSA) is 40.5 Å². The second kappa shape index (κ2) is 5.44. The van der Waals surface area contributed by atoms with Gasteiger partial charge >= 0.3 is 5.97 Å². The van der Waals surface area contributed by atoms with Crippen LogP contribution in [0.15, 0.2) is 24.3 Å². The van der Waals surface area contributed by atoms with Gasteiger partial charge in [-0.1, -0.05) is 18.2 Å². The zero-order valence-electron chi connectivity index (χ0n) is 9.85. The van der Waals surface area contributed by atoms with Crippen molar-refractivity contribution in [1.29, 1.82) is 0 Å². The molecule has 1 saturated heterocycles. The monoisotopic (exact) mass is 255 g/mol. The summed E-state index contributed by atoms with van der Waals surface area (Å²) in [4.78, 5) is 12.8. The molecular formula is C13H15F2NO2. The van der Waals surface area contributed by atoms with Gasteiger partial charge in [-0.15, -0.1) is 0 Å². The Morgan fingerprint density at radius 2 is 2.28 bits per heavy atom. The Kier molecular flexibility index (Phi) is 3.91. The molecule has 3 nitrogen and oxygen atoms in total. The van der Waals surface area contributed by atoms with Crippen LogP contribution < -0.4 is 0 Å². The van der Waals surface area contributed by atoms with Crippen molar-refractivity contribution in [1.82, 2.24) is 4.90 Å². The predicted octanol–water partition coefficient (Wildman–Crippen LogP) is 2.53. The molecule has 0 spiro atoms. The molecular weight excluding hydrogens is 240 g/mol. The molecule has 2 rings (SSSR count). The summed E-state index contributed by atoms with van der Waals surface area (Å²) < 4.78 is 25.1. The molecule has 98 valence electrons. The number of rotatable bonds is 4. The molecule has 18 heavy (non-hydrogen) atoms. The van der Waals surface area contributed by atoms with Gasteiger partial charge in [0.2, 0.25) is 0 Å². The highest BCUT2D eigenvalue weighted by Crippen LogP contribution is 2.22. The van der Waals surface area contributed by atoms with Gasteiger partial charge in [-0.2, -0.15) is 0 Å². The number of carboxylic acids is 1. The number of nitrogens with zero attached hydrogens (tertiary/aromatic N) is 1. The van der Waals surface area contributed by atoms with Crippen molar-refractivity contribution < 1.29 is 18.7 Å². The van der Waals surface area contributed by atoms with E-state index in [1.54, 1.807) is 12.1 Å². The third-order valence-corrected chi connectivity index (χ3v) is 3.23. The zero-order chi connectivity index (χ0) is 13.1. The third-order valence-electron chi connectivity index (χ3n) is 3.23. The molecule has 0 saturated carbocycles. The standard InChI is InChI=1S/C13H15F2NO2/c14-12(15)10-3-1-2-9(6-10)7-16-5-4-11(8-16)13(17)18/h1-3,6,11-12H,4-5,7-8H2,(H,17,18). The van der Waals surface area contributed by atoms with Crippen LogP contribution in [0.3, 0.4) is 0 Å². The molecule has 0 amide bonds. The summed E-state index contributed by atoms with van der Waals surface area (Å²) in [6.45, 7) is 1.73. The average molecular weight is 255 g/mol. The summed E-state index contributed by atoms with van der Waals surface area (Å²) in [7, 11) is 0. The number of halogens is 2. The molecule has 1 fully saturated rings. The fourth-order valence-corrected chi connectivity index (χ4v) is 2.26. The molecule has 1 heterocycles. The van der Waals surface area contributed by atoms with Crippen molar-refractivity contribution in [2.45, 2.75) is 19.4 Å². The van der Waals surface area contributed by atoms with E-state index >= 15 is 0 Å². The minimum atomic E-state index is -2.46. The molecule has 1 N–H and O–H groups in total. The second-order valence-corrected chi connectivity index (χ2v) is 4.60. The molecule has 5 heteroatoms. The molecule has 1 unspecified atom stereocenters. The van der Waals surface area contributed by atoms with Crippen molar-refractivity contribution in [3.63, 3.8) is 0 Å². The first-order chi connectivity index (χ1) is 8.56. The number of likely N-dealkylation sites (tertiary alicyclic amines) is 1. The summed E-state index contributed by atoms with van der Waals surface area (Å²) in [6.07, 6.45) is -1.83. The highest BCUT2D eigenvalue weighted by molar-refractivity contribution is 5.70. The van der Waals surface area contributed by atoms with E-state index in [4.69, 9.17) is 5.11 Å². The number of aliphatic carboxylic acids is 1. The Balaban J connectivity index is 1.98. The van der Waals surface area contributed by atoms with Gasteiger partial charge in [-0.3, -0.25) is 9.69 Å². The summed E-state index contributed by atoms with van der Waals surface area (Å²) in [5.41, 5.74) is 0.820. The van der Waals surface area contributed by atoms with E-state index in [2.05, 4.69) is 0 Å². The van der Waals surface area contributed by atoms with Crippen LogP contribution in [0, 0.1) is 5.92 Å². The highest BCUT2D eigenvalue weighted by Gasteiger charge is 2.27. The number of hydrogen-bond donors (Lipinski definition) is 1. The van der Waals surface area contributed by atoms with Gasteiger partial charge in [-0.25, -0.2) is 8.78 Å². The molecule has 0 aliphatic carbocycles. The Bertz CT molecular complexity index is 437. The molecule has 1 aliphatic heterocycles. The normalized spacial score (nSPS) is 20.5. The molecule has 0 aromatic heterocycles. The maximum Gasteiger partial charge on any atom is 0.307 e. The van der Waals surface area contributed by atoms with Gasteiger partial charge in [-0.05, 0) is 24.6 Å². The molecule has 1 aromatic rings. The quantitative estimate of drug-likeness (QED) is 0.898. The van der Waals surface area contributed by atoms with Gasteiger partial charge in [0.25, 0.3) is 6.43 Å². The van der Waals surface area contributed by atoms with E-state index < -0.39 is 12.4 Å². The molecule has 1 aliphatic rings. The fourth-order valence-electron chi connectivity index (χ4n) is 2.26. The molecule has 1 aromatic carbocycles. The van der Waals surface area contributed by atoms with E-state index in [1.807, 2.05) is 4.90 Å². The van der Waals surface area contributed by atoms with Crippen LogP contribution in [-0.2, 0) is 11.3 Å². The fraction of sp³-hybridized carbons (Fsp3) is 0.462. The first-order valence-electron chi connectivity index (χ1n) is 5.88. The van der Waals surface area contributed by atoms with Crippen LogP contribution in [-0.4, -0.2) is 29.1 Å². The number of hydrogen-bond acceptors (Lipinski definition) is 2. The van der Waals surface area contributed by atoms with Crippen molar-refractivity contribution >= 4 is 5.97 Å². The van der Waals surface area contributed by atoms with Gasteiger partial charge in [0.1, 0.15) is 0 Å². The number of carboxylic acid groups (broad SMARTS) is 1. The van der Waals surface area contributed by atoms with Crippen LogP contribution in [0.25, 0.3) is 0 Å². The first kappa shape index (κ1) is 13.0. The number of benzene rings is 1. The Morgan fingerprint density at radius 1 is 1.50 bits per heavy atom. The number of carbonyl (C=O) groups is 1. The van der Waals surface area contributed by atoms with Crippen LogP contribution in [0.5, 0.6) is 0 Å². The highest BCUT2D eigenvalue weighted by atomic mass is 19.3.